The van der Waals surface area contributed by atoms with Crippen molar-refractivity contribution in [3.8, 4) is 0 Å². The zero-order chi connectivity index (χ0) is 49.3. The third kappa shape index (κ3) is 8.41. The maximum atomic E-state index is 13.7. The van der Waals surface area contributed by atoms with E-state index in [1.807, 2.05) is 0 Å². The third-order valence-corrected chi connectivity index (χ3v) is 17.7. The molecular formula is C47H72O19. The maximum Gasteiger partial charge on any atom is 0.335 e. The first-order chi connectivity index (χ1) is 30.6. The second kappa shape index (κ2) is 18.6. The standard InChI is InChI=1S/C47H72O19/c1-22(51)30(54)32(56)39(61)64-35-34(58)36(38(59)60)66-41(37(35)65-40(62)33(57)31(55)25(52)12-17-48)63-29-11-13-43(4)26(44(29,5)20-49)10-14-45(6)27(43)9-8-23-24-18-42(2,3)15-16-47(24,21-50)28(53)19-46(23,45)7/h8-9,20-29,34-37,39-41,48,51-58,61-62H,10-19H2,1-7H3,(H,59,60)/b32-30+,33-31-/t22?,23?,24-,25?,26+,27+,28+,29-,34?,35?,36?,37?,39?,40?,41?,43-,44-,45+,46+,47+/m0/s1. The van der Waals surface area contributed by atoms with E-state index in [1.165, 1.54) is 0 Å². The molecule has 0 aromatic carbocycles. The molecule has 5 aliphatic carbocycles. The first kappa shape index (κ1) is 52.2. The molecule has 0 aromatic rings. The number of hydrogen-bond acceptors (Lipinski definition) is 18. The Morgan fingerprint density at radius 2 is 1.39 bits per heavy atom. The summed E-state index contributed by atoms with van der Waals surface area (Å²) in [5, 5.41) is 126. The summed E-state index contributed by atoms with van der Waals surface area (Å²) in [6.45, 7) is 13.2. The highest BCUT2D eigenvalue weighted by molar-refractivity contribution is 5.73. The molecule has 1 saturated heterocycles. The average Bonchev–Trinajstić information content (AvgIpc) is 3.25. The molecule has 374 valence electrons. The number of aliphatic hydroxyl groups is 11. The minimum absolute atomic E-state index is 0.00805. The SMILES string of the molecule is CC(O)/C(O)=C(\O)C(O)OC1C(O)C(C(=O)O)OC(O[C@H]2CC[C@]3(C)[C@H]4C=CC5[C@@H]6CC(C)(C)CC[C@]6(C=O)[C@H](O)C[C@@]5(C)[C@]4(C)CC[C@H]3[C@]2(C)C=O)C1OC(O)/C(O)=C(/O)C(O)CCO. The predicted molar refractivity (Wildman–Crippen MR) is 230 cm³/mol. The van der Waals surface area contributed by atoms with E-state index in [9.17, 15) is 75.7 Å². The zero-order valence-corrected chi connectivity index (χ0v) is 38.8. The van der Waals surface area contributed by atoms with Crippen molar-refractivity contribution in [2.45, 2.75) is 174 Å². The number of hydrogen-bond donors (Lipinski definition) is 12. The number of rotatable bonds is 15. The van der Waals surface area contributed by atoms with Crippen LogP contribution < -0.4 is 0 Å². The van der Waals surface area contributed by atoms with Crippen LogP contribution in [0.1, 0.15) is 106 Å². The molecule has 12 N–H and O–H groups in total. The van der Waals surface area contributed by atoms with Crippen LogP contribution in [0.2, 0.25) is 0 Å². The summed E-state index contributed by atoms with van der Waals surface area (Å²) in [6, 6.07) is 0. The summed E-state index contributed by atoms with van der Waals surface area (Å²) in [7, 11) is 0. The molecule has 0 radical (unpaired) electrons. The molecule has 66 heavy (non-hydrogen) atoms. The van der Waals surface area contributed by atoms with Crippen LogP contribution in [-0.4, -0.2) is 154 Å². The quantitative estimate of drug-likeness (QED) is 0.0369. The summed E-state index contributed by atoms with van der Waals surface area (Å²) < 4.78 is 23.4. The van der Waals surface area contributed by atoms with Crippen molar-refractivity contribution >= 4 is 18.5 Å². The van der Waals surface area contributed by atoms with E-state index >= 15 is 0 Å². The number of aldehydes is 2. The summed E-state index contributed by atoms with van der Waals surface area (Å²) in [4.78, 5) is 39.3. The van der Waals surface area contributed by atoms with Gasteiger partial charge in [-0.25, -0.2) is 4.79 Å². The number of fused-ring (bicyclic) bond motifs is 7. The van der Waals surface area contributed by atoms with Crippen LogP contribution in [0.25, 0.3) is 0 Å². The fraction of sp³-hybridized carbons (Fsp3) is 0.809. The van der Waals surface area contributed by atoms with Gasteiger partial charge < -0.3 is 89.8 Å². The molecule has 0 spiro atoms. The lowest BCUT2D eigenvalue weighted by Gasteiger charge is -2.72. The number of carbonyl (C=O) groups is 3. The van der Waals surface area contributed by atoms with Crippen LogP contribution in [0.3, 0.4) is 0 Å². The van der Waals surface area contributed by atoms with Gasteiger partial charge in [0.2, 0.25) is 12.6 Å². The highest BCUT2D eigenvalue weighted by Gasteiger charge is 2.71. The van der Waals surface area contributed by atoms with E-state index in [4.69, 9.17) is 18.9 Å². The smallest absolute Gasteiger partial charge is 0.335 e. The highest BCUT2D eigenvalue weighted by Crippen LogP contribution is 2.75. The molecule has 1 aliphatic heterocycles. The fourth-order valence-electron chi connectivity index (χ4n) is 13.7. The summed E-state index contributed by atoms with van der Waals surface area (Å²) in [6.07, 6.45) is -11.4. The Bertz CT molecular complexity index is 1920. The predicted octanol–water partition coefficient (Wildman–Crippen LogP) is 2.73. The van der Waals surface area contributed by atoms with Crippen molar-refractivity contribution in [1.29, 1.82) is 0 Å². The van der Waals surface area contributed by atoms with Crippen LogP contribution in [0, 0.1) is 56.2 Å². The van der Waals surface area contributed by atoms with Gasteiger partial charge in [-0.15, -0.1) is 0 Å². The van der Waals surface area contributed by atoms with Gasteiger partial charge in [-0.05, 0) is 104 Å². The topological polar surface area (TPSA) is 331 Å². The van der Waals surface area contributed by atoms with Gasteiger partial charge in [0.15, 0.2) is 35.4 Å². The van der Waals surface area contributed by atoms with Crippen LogP contribution in [0.15, 0.2) is 35.2 Å². The molecule has 1 heterocycles. The zero-order valence-electron chi connectivity index (χ0n) is 38.8. The van der Waals surface area contributed by atoms with Crippen molar-refractivity contribution in [2.75, 3.05) is 6.61 Å². The minimum atomic E-state index is -2.62. The molecule has 5 fully saturated rings. The normalized spacial score (nSPS) is 45.5. The first-order valence-corrected chi connectivity index (χ1v) is 23.0. The first-order valence-electron chi connectivity index (χ1n) is 23.0. The minimum Gasteiger partial charge on any atom is -0.506 e. The average molecular weight is 941 g/mol. The van der Waals surface area contributed by atoms with Crippen LogP contribution in [-0.2, 0) is 33.3 Å². The van der Waals surface area contributed by atoms with Gasteiger partial charge >= 0.3 is 5.97 Å². The Hall–Kier alpha value is -3.21. The van der Waals surface area contributed by atoms with Gasteiger partial charge in [0.05, 0.1) is 23.0 Å². The lowest BCUT2D eigenvalue weighted by Crippen LogP contribution is -2.69. The Morgan fingerprint density at radius 3 is 1.97 bits per heavy atom. The van der Waals surface area contributed by atoms with Crippen molar-refractivity contribution < 1.29 is 94.6 Å². The van der Waals surface area contributed by atoms with Crippen molar-refractivity contribution in [3.05, 3.63) is 35.2 Å². The molecule has 0 bridgehead atoms. The fourth-order valence-corrected chi connectivity index (χ4v) is 13.7. The Labute approximate surface area is 384 Å². The number of ether oxygens (including phenoxy) is 4. The molecule has 6 aliphatic rings. The van der Waals surface area contributed by atoms with Gasteiger partial charge in [0.1, 0.15) is 43.1 Å². The van der Waals surface area contributed by atoms with E-state index in [0.29, 0.717) is 32.1 Å². The Kier molecular flexibility index (Phi) is 14.7. The molecular weight excluding hydrogens is 868 g/mol. The molecule has 6 rings (SSSR count). The number of carbonyl (C=O) groups excluding carboxylic acids is 2. The monoisotopic (exact) mass is 940 g/mol. The Balaban J connectivity index is 1.37. The van der Waals surface area contributed by atoms with E-state index in [-0.39, 0.29) is 35.5 Å². The molecule has 0 amide bonds. The van der Waals surface area contributed by atoms with E-state index < -0.39 is 137 Å². The number of carboxylic acid groups (broad SMARTS) is 1. The van der Waals surface area contributed by atoms with Crippen molar-refractivity contribution in [1.82, 2.24) is 0 Å². The molecule has 19 nitrogen and oxygen atoms in total. The van der Waals surface area contributed by atoms with Crippen molar-refractivity contribution in [3.63, 3.8) is 0 Å². The second-order valence-electron chi connectivity index (χ2n) is 21.8. The van der Waals surface area contributed by atoms with E-state index in [1.54, 1.807) is 6.92 Å². The van der Waals surface area contributed by atoms with Crippen LogP contribution >= 0.6 is 0 Å². The van der Waals surface area contributed by atoms with Gasteiger partial charge in [-0.2, -0.15) is 0 Å². The van der Waals surface area contributed by atoms with Gasteiger partial charge in [0, 0.05) is 13.0 Å². The third-order valence-electron chi connectivity index (χ3n) is 17.7. The maximum absolute atomic E-state index is 13.7. The summed E-state index contributed by atoms with van der Waals surface area (Å²) in [5.41, 5.74) is -3.59. The number of aliphatic hydroxyl groups excluding tert-OH is 11. The molecule has 19 heteroatoms. The number of aliphatic carboxylic acids is 1. The highest BCUT2D eigenvalue weighted by atomic mass is 16.7. The molecule has 4 saturated carbocycles. The van der Waals surface area contributed by atoms with Gasteiger partial charge in [-0.1, -0.05) is 53.7 Å². The van der Waals surface area contributed by atoms with E-state index in [0.717, 1.165) is 32.3 Å². The van der Waals surface area contributed by atoms with E-state index in [2.05, 4.69) is 46.8 Å². The lowest BCUT2D eigenvalue weighted by atomic mass is 9.32. The molecule has 20 atom stereocenters. The second-order valence-corrected chi connectivity index (χ2v) is 21.8. The number of allylic oxidation sites excluding steroid dienone is 2. The van der Waals surface area contributed by atoms with Crippen LogP contribution in [0.5, 0.6) is 0 Å². The molecule has 10 unspecified atom stereocenters. The summed E-state index contributed by atoms with van der Waals surface area (Å²) >= 11 is 0. The summed E-state index contributed by atoms with van der Waals surface area (Å²) in [5.74, 6) is -7.46. The lowest BCUT2D eigenvalue weighted by molar-refractivity contribution is -0.356. The van der Waals surface area contributed by atoms with Crippen molar-refractivity contribution in [2.24, 2.45) is 56.2 Å². The largest absolute Gasteiger partial charge is 0.506 e. The molecule has 0 aromatic heterocycles. The van der Waals surface area contributed by atoms with Crippen LogP contribution in [0.4, 0.5) is 0 Å². The van der Waals surface area contributed by atoms with Gasteiger partial charge in [-0.3, -0.25) is 0 Å². The van der Waals surface area contributed by atoms with Gasteiger partial charge in [0.25, 0.3) is 0 Å². The Morgan fingerprint density at radius 1 is 0.773 bits per heavy atom. The number of carboxylic acids is 1.